The van der Waals surface area contributed by atoms with E-state index in [-0.39, 0.29) is 23.6 Å². The van der Waals surface area contributed by atoms with E-state index in [1.54, 1.807) is 0 Å². The second-order valence-electron chi connectivity index (χ2n) is 9.34. The number of hydrogen-bond acceptors (Lipinski definition) is 3. The first-order chi connectivity index (χ1) is 12.9. The van der Waals surface area contributed by atoms with Crippen molar-refractivity contribution in [2.24, 2.45) is 0 Å². The number of aliphatic hydroxyl groups excluding tert-OH is 1. The number of rotatable bonds is 7. The van der Waals surface area contributed by atoms with Crippen LogP contribution in [0, 0.1) is 0 Å². The van der Waals surface area contributed by atoms with Crippen LogP contribution in [0.15, 0.2) is 0 Å². The van der Waals surface area contributed by atoms with Gasteiger partial charge in [-0.25, -0.2) is 0 Å². The molecule has 5 nitrogen and oxygen atoms in total. The maximum absolute atomic E-state index is 12.5. The summed E-state index contributed by atoms with van der Waals surface area (Å²) in [6.07, 6.45) is 17.2. The Labute approximate surface area is 164 Å². The van der Waals surface area contributed by atoms with Gasteiger partial charge in [-0.15, -0.1) is 0 Å². The van der Waals surface area contributed by atoms with E-state index < -0.39 is 14.7 Å². The third kappa shape index (κ3) is 4.35. The molecular formula is C20H40O5P2. The summed E-state index contributed by atoms with van der Waals surface area (Å²) >= 11 is 0. The van der Waals surface area contributed by atoms with Gasteiger partial charge in [-0.3, -0.25) is 0 Å². The fraction of sp³-hybridized carbons (Fsp3) is 1.00. The van der Waals surface area contributed by atoms with E-state index in [1.165, 1.54) is 19.3 Å². The third-order valence-corrected chi connectivity index (χ3v) is 18.2. The fourth-order valence-electron chi connectivity index (χ4n) is 7.16. The molecule has 0 bridgehead atoms. The summed E-state index contributed by atoms with van der Waals surface area (Å²) in [5.74, 6) is 0. The molecule has 0 spiro atoms. The minimum atomic E-state index is -4.64. The molecule has 3 saturated carbocycles. The molecule has 3 N–H and O–H groups in total. The van der Waals surface area contributed by atoms with Gasteiger partial charge in [0.25, 0.3) is 0 Å². The molecule has 0 heterocycles. The molecular weight excluding hydrogens is 382 g/mol. The van der Waals surface area contributed by atoms with Gasteiger partial charge in [0.05, 0.1) is 0 Å². The molecule has 0 unspecified atom stereocenters. The molecule has 160 valence electrons. The maximum atomic E-state index is 12.5. The van der Waals surface area contributed by atoms with E-state index in [2.05, 4.69) is 0 Å². The van der Waals surface area contributed by atoms with Crippen LogP contribution in [-0.2, 0) is 8.88 Å². The average Bonchev–Trinajstić information content (AvgIpc) is 2.69. The van der Waals surface area contributed by atoms with Crippen LogP contribution in [-0.4, -0.2) is 44.6 Å². The van der Waals surface area contributed by atoms with Crippen molar-refractivity contribution in [3.05, 3.63) is 0 Å². The van der Waals surface area contributed by atoms with E-state index >= 15 is 0 Å². The number of hydrogen-bond donors (Lipinski definition) is 3. The predicted molar refractivity (Wildman–Crippen MR) is 113 cm³/mol. The molecule has 0 aromatic carbocycles. The Hall–Kier alpha value is 0.500. The monoisotopic (exact) mass is 422 g/mol. The minimum absolute atomic E-state index is 0.00131. The summed E-state index contributed by atoms with van der Waals surface area (Å²) < 4.78 is 18.8. The van der Waals surface area contributed by atoms with Crippen LogP contribution < -0.4 is 0 Å². The predicted octanol–water partition coefficient (Wildman–Crippen LogP) is 5.55. The van der Waals surface area contributed by atoms with Crippen molar-refractivity contribution in [1.29, 1.82) is 0 Å². The standard InChI is InChI=1S/C20H40O5P2/c21-16-17-27(25-26(22,23)24,18-10-4-1-5-11-18,19-12-6-2-7-13-19)20-14-8-3-9-15-20/h18-21H,1-17H2,(H2,22,23,24). The van der Waals surface area contributed by atoms with Crippen LogP contribution in [0.4, 0.5) is 0 Å². The quantitative estimate of drug-likeness (QED) is 0.468. The SMILES string of the molecule is O=P(O)(O)OP(CCO)(C1CCCCC1)(C1CCCCC1)C1CCCCC1. The Kier molecular flexibility index (Phi) is 7.48. The van der Waals surface area contributed by atoms with Gasteiger partial charge in [-0.1, -0.05) is 0 Å². The van der Waals surface area contributed by atoms with Crippen molar-refractivity contribution in [2.45, 2.75) is 113 Å². The van der Waals surface area contributed by atoms with Gasteiger partial charge in [-0.2, -0.15) is 0 Å². The van der Waals surface area contributed by atoms with Crippen LogP contribution in [0.2, 0.25) is 0 Å². The van der Waals surface area contributed by atoms with Crippen molar-refractivity contribution in [2.75, 3.05) is 12.8 Å². The Balaban J connectivity index is 2.17. The molecule has 0 aliphatic heterocycles. The molecule has 0 atom stereocenters. The van der Waals surface area contributed by atoms with E-state index in [9.17, 15) is 19.5 Å². The molecule has 0 aromatic rings. The zero-order chi connectivity index (χ0) is 19.4. The normalized spacial score (nSPS) is 26.6. The molecule has 3 rings (SSSR count). The van der Waals surface area contributed by atoms with Crippen molar-refractivity contribution >= 4 is 14.7 Å². The molecule has 0 amide bonds. The van der Waals surface area contributed by atoms with Crippen molar-refractivity contribution in [3.8, 4) is 0 Å². The van der Waals surface area contributed by atoms with Crippen LogP contribution >= 0.6 is 14.7 Å². The van der Waals surface area contributed by atoms with Crippen LogP contribution in [0.3, 0.4) is 0 Å². The van der Waals surface area contributed by atoms with Crippen LogP contribution in [0.25, 0.3) is 0 Å². The van der Waals surface area contributed by atoms with E-state index in [0.717, 1.165) is 77.0 Å². The summed E-state index contributed by atoms with van der Waals surface area (Å²) in [6.45, 7) is -3.31. The van der Waals surface area contributed by atoms with Crippen LogP contribution in [0.1, 0.15) is 96.3 Å². The van der Waals surface area contributed by atoms with Gasteiger partial charge in [0.1, 0.15) is 0 Å². The van der Waals surface area contributed by atoms with E-state index in [1.807, 2.05) is 0 Å². The fourth-order valence-corrected chi connectivity index (χ4v) is 19.1. The van der Waals surface area contributed by atoms with Gasteiger partial charge in [-0.05, 0) is 0 Å². The average molecular weight is 422 g/mol. The van der Waals surface area contributed by atoms with E-state index in [0.29, 0.717) is 6.16 Å². The molecule has 3 fully saturated rings. The van der Waals surface area contributed by atoms with Gasteiger partial charge in [0, 0.05) is 0 Å². The Morgan fingerprint density at radius 2 is 1.04 bits per heavy atom. The van der Waals surface area contributed by atoms with Crippen molar-refractivity contribution < 1.29 is 23.8 Å². The van der Waals surface area contributed by atoms with Gasteiger partial charge in [0.15, 0.2) is 0 Å². The first-order valence-electron chi connectivity index (χ1n) is 11.3. The second-order valence-corrected chi connectivity index (χ2v) is 16.5. The molecule has 27 heavy (non-hydrogen) atoms. The molecule has 0 saturated heterocycles. The zero-order valence-electron chi connectivity index (χ0n) is 16.8. The molecule has 0 radical (unpaired) electrons. The van der Waals surface area contributed by atoms with E-state index in [4.69, 9.17) is 4.31 Å². The molecule has 7 heteroatoms. The summed E-state index contributed by atoms with van der Waals surface area (Å²) in [5.41, 5.74) is 0.821. The first-order valence-corrected chi connectivity index (χ1v) is 15.4. The van der Waals surface area contributed by atoms with Crippen molar-refractivity contribution in [1.82, 2.24) is 0 Å². The van der Waals surface area contributed by atoms with Gasteiger partial charge >= 0.3 is 164 Å². The van der Waals surface area contributed by atoms with Crippen molar-refractivity contribution in [3.63, 3.8) is 0 Å². The van der Waals surface area contributed by atoms with Gasteiger partial charge in [0.2, 0.25) is 0 Å². The van der Waals surface area contributed by atoms with Gasteiger partial charge < -0.3 is 0 Å². The first kappa shape index (κ1) is 22.2. The zero-order valence-corrected chi connectivity index (χ0v) is 18.6. The third-order valence-electron chi connectivity index (χ3n) is 8.09. The second kappa shape index (κ2) is 9.11. The number of phosphoric acid groups is 1. The summed E-state index contributed by atoms with van der Waals surface area (Å²) in [6, 6.07) is 0. The summed E-state index contributed by atoms with van der Waals surface area (Å²) in [7, 11) is -4.64. The Morgan fingerprint density at radius 1 is 0.704 bits per heavy atom. The number of aliphatic hydroxyl groups is 1. The van der Waals surface area contributed by atoms with Crippen LogP contribution in [0.5, 0.6) is 0 Å². The Bertz CT molecular complexity index is 468. The molecule has 0 aromatic heterocycles. The molecule has 3 aliphatic carbocycles. The summed E-state index contributed by atoms with van der Waals surface area (Å²) in [4.78, 5) is 20.4. The molecule has 3 aliphatic rings. The summed E-state index contributed by atoms with van der Waals surface area (Å²) in [5, 5.41) is 10.3. The Morgan fingerprint density at radius 3 is 1.30 bits per heavy atom. The topological polar surface area (TPSA) is 87.0 Å².